The summed E-state index contributed by atoms with van der Waals surface area (Å²) < 4.78 is 11.8. The molecule has 1 aromatic heterocycles. The first-order chi connectivity index (χ1) is 7.77. The Morgan fingerprint density at radius 3 is 2.18 bits per heavy atom. The Labute approximate surface area is 102 Å². The average Bonchev–Trinajstić information content (AvgIpc) is 2.66. The molecule has 0 spiro atoms. The second-order valence-electron chi connectivity index (χ2n) is 5.51. The number of aromatic amines is 1. The number of hydrogen-bond acceptors (Lipinski definition) is 3. The SMILES string of the molecule is Cc1[nH]c(B2OC(C)(C)C(C)(C)O2)cc1C=O. The smallest absolute Gasteiger partial charge is 0.398 e. The van der Waals surface area contributed by atoms with E-state index < -0.39 is 7.12 Å². The van der Waals surface area contributed by atoms with E-state index in [0.29, 0.717) is 5.56 Å². The Kier molecular flexibility index (Phi) is 2.71. The van der Waals surface area contributed by atoms with Gasteiger partial charge in [0.15, 0.2) is 6.29 Å². The molecule has 0 amide bonds. The molecule has 1 aromatic rings. The van der Waals surface area contributed by atoms with Gasteiger partial charge in [0.05, 0.1) is 11.2 Å². The summed E-state index contributed by atoms with van der Waals surface area (Å²) >= 11 is 0. The molecule has 0 radical (unpaired) electrons. The Hall–Kier alpha value is -1.07. The Morgan fingerprint density at radius 2 is 1.76 bits per heavy atom. The van der Waals surface area contributed by atoms with Gasteiger partial charge in [0.1, 0.15) is 0 Å². The minimum absolute atomic E-state index is 0.363. The van der Waals surface area contributed by atoms with Crippen molar-refractivity contribution in [2.24, 2.45) is 0 Å². The fourth-order valence-corrected chi connectivity index (χ4v) is 1.82. The van der Waals surface area contributed by atoms with E-state index >= 15 is 0 Å². The van der Waals surface area contributed by atoms with Gasteiger partial charge < -0.3 is 14.3 Å². The maximum atomic E-state index is 10.8. The van der Waals surface area contributed by atoms with Crippen LogP contribution >= 0.6 is 0 Å². The van der Waals surface area contributed by atoms with Gasteiger partial charge in [-0.3, -0.25) is 4.79 Å². The number of aromatic nitrogens is 1. The molecule has 1 saturated heterocycles. The highest BCUT2D eigenvalue weighted by molar-refractivity contribution is 6.61. The maximum absolute atomic E-state index is 10.8. The van der Waals surface area contributed by atoms with Crippen LogP contribution in [0.25, 0.3) is 0 Å². The van der Waals surface area contributed by atoms with Crippen LogP contribution in [-0.4, -0.2) is 29.6 Å². The van der Waals surface area contributed by atoms with E-state index in [0.717, 1.165) is 17.6 Å². The molecule has 0 atom stereocenters. The zero-order valence-corrected chi connectivity index (χ0v) is 11.0. The van der Waals surface area contributed by atoms with Gasteiger partial charge in [-0.1, -0.05) is 0 Å². The lowest BCUT2D eigenvalue weighted by Gasteiger charge is -2.32. The van der Waals surface area contributed by atoms with Gasteiger partial charge in [0.2, 0.25) is 0 Å². The number of H-pyrrole nitrogens is 1. The first kappa shape index (κ1) is 12.4. The van der Waals surface area contributed by atoms with Gasteiger partial charge in [0, 0.05) is 16.9 Å². The summed E-state index contributed by atoms with van der Waals surface area (Å²) in [5.41, 5.74) is 1.55. The van der Waals surface area contributed by atoms with E-state index in [4.69, 9.17) is 9.31 Å². The van der Waals surface area contributed by atoms with Crippen molar-refractivity contribution in [3.05, 3.63) is 17.3 Å². The van der Waals surface area contributed by atoms with Crippen molar-refractivity contribution < 1.29 is 14.1 Å². The topological polar surface area (TPSA) is 51.3 Å². The van der Waals surface area contributed by atoms with Gasteiger partial charge in [-0.05, 0) is 40.7 Å². The fraction of sp³-hybridized carbons (Fsp3) is 0.583. The molecule has 5 heteroatoms. The van der Waals surface area contributed by atoms with Crippen LogP contribution in [0.1, 0.15) is 43.7 Å². The van der Waals surface area contributed by atoms with E-state index in [9.17, 15) is 4.79 Å². The summed E-state index contributed by atoms with van der Waals surface area (Å²) in [6.07, 6.45) is 0.834. The van der Waals surface area contributed by atoms with Crippen LogP contribution in [0.5, 0.6) is 0 Å². The Morgan fingerprint density at radius 1 is 1.24 bits per heavy atom. The molecule has 2 heterocycles. The minimum Gasteiger partial charge on any atom is -0.398 e. The van der Waals surface area contributed by atoms with Gasteiger partial charge in [-0.25, -0.2) is 0 Å². The van der Waals surface area contributed by atoms with Crippen molar-refractivity contribution in [2.75, 3.05) is 0 Å². The molecule has 2 rings (SSSR count). The highest BCUT2D eigenvalue weighted by Crippen LogP contribution is 2.36. The second kappa shape index (κ2) is 3.72. The molecule has 0 aromatic carbocycles. The van der Waals surface area contributed by atoms with Crippen LogP contribution < -0.4 is 5.59 Å². The summed E-state index contributed by atoms with van der Waals surface area (Å²) in [5.74, 6) is 0. The summed E-state index contributed by atoms with van der Waals surface area (Å²) in [6.45, 7) is 9.87. The zero-order chi connectivity index (χ0) is 12.8. The van der Waals surface area contributed by atoms with Crippen LogP contribution in [0, 0.1) is 6.92 Å². The lowest BCUT2D eigenvalue weighted by molar-refractivity contribution is 0.00578. The quantitative estimate of drug-likeness (QED) is 0.623. The molecule has 0 bridgehead atoms. The lowest BCUT2D eigenvalue weighted by atomic mass is 9.85. The number of hydrogen-bond donors (Lipinski definition) is 1. The van der Waals surface area contributed by atoms with Crippen LogP contribution in [-0.2, 0) is 9.31 Å². The van der Waals surface area contributed by atoms with Crippen molar-refractivity contribution in [2.45, 2.75) is 45.8 Å². The van der Waals surface area contributed by atoms with Crippen molar-refractivity contribution in [3.8, 4) is 0 Å². The molecule has 4 nitrogen and oxygen atoms in total. The summed E-state index contributed by atoms with van der Waals surface area (Å²) in [7, 11) is -0.438. The first-order valence-corrected chi connectivity index (χ1v) is 5.77. The van der Waals surface area contributed by atoms with E-state index in [-0.39, 0.29) is 11.2 Å². The summed E-state index contributed by atoms with van der Waals surface area (Å²) in [5, 5.41) is 0. The zero-order valence-electron chi connectivity index (χ0n) is 11.0. The van der Waals surface area contributed by atoms with Crippen LogP contribution in [0.4, 0.5) is 0 Å². The van der Waals surface area contributed by atoms with E-state index in [1.807, 2.05) is 34.6 Å². The minimum atomic E-state index is -0.438. The molecule has 0 unspecified atom stereocenters. The molecule has 17 heavy (non-hydrogen) atoms. The van der Waals surface area contributed by atoms with Crippen LogP contribution in [0.3, 0.4) is 0 Å². The third-order valence-electron chi connectivity index (χ3n) is 3.71. The van der Waals surface area contributed by atoms with Crippen molar-refractivity contribution in [1.82, 2.24) is 4.98 Å². The van der Waals surface area contributed by atoms with E-state index in [2.05, 4.69) is 4.98 Å². The van der Waals surface area contributed by atoms with Gasteiger partial charge in [-0.15, -0.1) is 0 Å². The predicted molar refractivity (Wildman–Crippen MR) is 66.6 cm³/mol. The number of aldehydes is 1. The molecular formula is C12H18BNO3. The predicted octanol–water partition coefficient (Wildman–Crippen LogP) is 1.43. The Bertz CT molecular complexity index is 435. The summed E-state index contributed by atoms with van der Waals surface area (Å²) in [4.78, 5) is 13.9. The fourth-order valence-electron chi connectivity index (χ4n) is 1.82. The normalized spacial score (nSPS) is 21.8. The molecule has 0 aliphatic carbocycles. The van der Waals surface area contributed by atoms with Crippen molar-refractivity contribution >= 4 is 19.0 Å². The molecule has 92 valence electrons. The second-order valence-corrected chi connectivity index (χ2v) is 5.51. The molecule has 1 N–H and O–H groups in total. The number of nitrogens with one attached hydrogen (secondary N) is 1. The molecular weight excluding hydrogens is 217 g/mol. The largest absolute Gasteiger partial charge is 0.512 e. The van der Waals surface area contributed by atoms with Crippen molar-refractivity contribution in [1.29, 1.82) is 0 Å². The standard InChI is InChI=1S/C12H18BNO3/c1-8-9(7-15)6-10(14-8)13-16-11(2,3)12(4,5)17-13/h6-7,14H,1-5H3. The third-order valence-corrected chi connectivity index (χ3v) is 3.71. The van der Waals surface area contributed by atoms with E-state index in [1.165, 1.54) is 0 Å². The van der Waals surface area contributed by atoms with Gasteiger partial charge >= 0.3 is 7.12 Å². The molecule has 0 saturated carbocycles. The first-order valence-electron chi connectivity index (χ1n) is 5.77. The number of aryl methyl sites for hydroxylation is 1. The Balaban J connectivity index is 2.29. The molecule has 1 aliphatic heterocycles. The molecule has 1 fully saturated rings. The molecule has 1 aliphatic rings. The highest BCUT2D eigenvalue weighted by atomic mass is 16.7. The third kappa shape index (κ3) is 1.94. The van der Waals surface area contributed by atoms with Crippen molar-refractivity contribution in [3.63, 3.8) is 0 Å². The van der Waals surface area contributed by atoms with Gasteiger partial charge in [-0.2, -0.15) is 0 Å². The van der Waals surface area contributed by atoms with Crippen LogP contribution in [0.15, 0.2) is 6.07 Å². The monoisotopic (exact) mass is 235 g/mol. The number of rotatable bonds is 2. The number of carbonyl (C=O) groups is 1. The average molecular weight is 235 g/mol. The lowest BCUT2D eigenvalue weighted by Crippen LogP contribution is -2.41. The highest BCUT2D eigenvalue weighted by Gasteiger charge is 2.52. The summed E-state index contributed by atoms with van der Waals surface area (Å²) in [6, 6.07) is 1.78. The maximum Gasteiger partial charge on any atom is 0.512 e. The van der Waals surface area contributed by atoms with Crippen LogP contribution in [0.2, 0.25) is 0 Å². The number of carbonyl (C=O) groups excluding carboxylic acids is 1. The van der Waals surface area contributed by atoms with E-state index in [1.54, 1.807) is 6.07 Å². The van der Waals surface area contributed by atoms with Gasteiger partial charge in [0.25, 0.3) is 0 Å².